The molecule has 0 aliphatic heterocycles. The van der Waals surface area contributed by atoms with Crippen molar-refractivity contribution in [2.24, 2.45) is 0 Å². The van der Waals surface area contributed by atoms with E-state index in [1.807, 2.05) is 47.2 Å². The molecule has 0 fully saturated rings. The Hall–Kier alpha value is -1.56. The van der Waals surface area contributed by atoms with Crippen molar-refractivity contribution in [1.82, 2.24) is 4.57 Å². The predicted octanol–water partition coefficient (Wildman–Crippen LogP) is 3.18. The SMILES string of the molecule is O=C(O)/C=C\c1cccn1-c1ccc(I)cc1. The first-order valence-corrected chi connectivity index (χ1v) is 6.09. The fourth-order valence-electron chi connectivity index (χ4n) is 1.52. The number of rotatable bonds is 3. The number of aromatic nitrogens is 1. The standard InChI is InChI=1S/C13H10INO2/c14-10-3-5-12(6-4-10)15-9-1-2-11(15)7-8-13(16)17/h1-9H,(H,16,17)/b8-7-. The molecule has 0 unspecified atom stereocenters. The molecule has 2 rings (SSSR count). The van der Waals surface area contributed by atoms with Crippen LogP contribution in [0.3, 0.4) is 0 Å². The van der Waals surface area contributed by atoms with Crippen molar-refractivity contribution < 1.29 is 9.90 Å². The van der Waals surface area contributed by atoms with Gasteiger partial charge < -0.3 is 9.67 Å². The molecule has 0 radical (unpaired) electrons. The number of hydrogen-bond acceptors (Lipinski definition) is 1. The van der Waals surface area contributed by atoms with Gasteiger partial charge in [-0.25, -0.2) is 4.79 Å². The summed E-state index contributed by atoms with van der Waals surface area (Å²) < 4.78 is 3.11. The Labute approximate surface area is 113 Å². The van der Waals surface area contributed by atoms with Crippen molar-refractivity contribution in [3.8, 4) is 5.69 Å². The second-order valence-corrected chi connectivity index (χ2v) is 4.70. The van der Waals surface area contributed by atoms with Gasteiger partial charge in [0.2, 0.25) is 0 Å². The summed E-state index contributed by atoms with van der Waals surface area (Å²) in [5.41, 5.74) is 1.86. The zero-order valence-electron chi connectivity index (χ0n) is 8.88. The quantitative estimate of drug-likeness (QED) is 0.689. The van der Waals surface area contributed by atoms with Crippen molar-refractivity contribution in [3.63, 3.8) is 0 Å². The first-order chi connectivity index (χ1) is 8.16. The molecule has 0 saturated carbocycles. The molecule has 3 nitrogen and oxygen atoms in total. The van der Waals surface area contributed by atoms with E-state index in [-0.39, 0.29) is 0 Å². The van der Waals surface area contributed by atoms with E-state index in [2.05, 4.69) is 22.6 Å². The molecule has 17 heavy (non-hydrogen) atoms. The Morgan fingerprint density at radius 3 is 2.59 bits per heavy atom. The fourth-order valence-corrected chi connectivity index (χ4v) is 1.88. The summed E-state index contributed by atoms with van der Waals surface area (Å²) in [5, 5.41) is 8.61. The van der Waals surface area contributed by atoms with Gasteiger partial charge in [0, 0.05) is 27.2 Å². The van der Waals surface area contributed by atoms with Gasteiger partial charge in [0.1, 0.15) is 0 Å². The zero-order valence-corrected chi connectivity index (χ0v) is 11.0. The molecule has 0 aliphatic rings. The van der Waals surface area contributed by atoms with Crippen LogP contribution in [0.1, 0.15) is 5.69 Å². The van der Waals surface area contributed by atoms with Crippen LogP contribution in [0.25, 0.3) is 11.8 Å². The van der Waals surface area contributed by atoms with E-state index >= 15 is 0 Å². The Bertz CT molecular complexity index is 555. The molecule has 1 N–H and O–H groups in total. The summed E-state index contributed by atoms with van der Waals surface area (Å²) in [7, 11) is 0. The molecule has 0 amide bonds. The fraction of sp³-hybridized carbons (Fsp3) is 0. The zero-order chi connectivity index (χ0) is 12.3. The van der Waals surface area contributed by atoms with Gasteiger partial charge in [-0.15, -0.1) is 0 Å². The van der Waals surface area contributed by atoms with Crippen LogP contribution in [-0.2, 0) is 4.79 Å². The number of carboxylic acid groups (broad SMARTS) is 1. The van der Waals surface area contributed by atoms with Crippen LogP contribution >= 0.6 is 22.6 Å². The van der Waals surface area contributed by atoms with Crippen LogP contribution in [0, 0.1) is 3.57 Å². The van der Waals surface area contributed by atoms with Gasteiger partial charge in [0.05, 0.1) is 0 Å². The highest BCUT2D eigenvalue weighted by molar-refractivity contribution is 14.1. The number of carboxylic acids is 1. The molecule has 0 saturated heterocycles. The summed E-state index contributed by atoms with van der Waals surface area (Å²) in [5.74, 6) is -0.944. The number of carbonyl (C=O) groups is 1. The second kappa shape index (κ2) is 5.18. The number of halogens is 1. The Morgan fingerprint density at radius 2 is 1.94 bits per heavy atom. The van der Waals surface area contributed by atoms with Crippen LogP contribution < -0.4 is 0 Å². The summed E-state index contributed by atoms with van der Waals surface area (Å²) in [6, 6.07) is 11.8. The third kappa shape index (κ3) is 2.97. The first kappa shape index (κ1) is 11.9. The van der Waals surface area contributed by atoms with Crippen molar-refractivity contribution in [2.75, 3.05) is 0 Å². The lowest BCUT2D eigenvalue weighted by Gasteiger charge is -2.06. The van der Waals surface area contributed by atoms with Gasteiger partial charge in [-0.1, -0.05) is 0 Å². The molecular formula is C13H10INO2. The molecule has 0 spiro atoms. The first-order valence-electron chi connectivity index (χ1n) is 5.01. The Morgan fingerprint density at radius 1 is 1.24 bits per heavy atom. The molecule has 4 heteroatoms. The van der Waals surface area contributed by atoms with Gasteiger partial charge in [0.25, 0.3) is 0 Å². The normalized spacial score (nSPS) is 10.9. The minimum Gasteiger partial charge on any atom is -0.478 e. The van der Waals surface area contributed by atoms with Gasteiger partial charge in [-0.05, 0) is 65.1 Å². The highest BCUT2D eigenvalue weighted by atomic mass is 127. The van der Waals surface area contributed by atoms with E-state index in [4.69, 9.17) is 5.11 Å². The number of aliphatic carboxylic acids is 1. The molecule has 0 atom stereocenters. The van der Waals surface area contributed by atoms with E-state index in [0.717, 1.165) is 17.5 Å². The summed E-state index contributed by atoms with van der Waals surface area (Å²) in [4.78, 5) is 10.5. The number of benzene rings is 1. The molecule has 0 bridgehead atoms. The number of nitrogens with zero attached hydrogens (tertiary/aromatic N) is 1. The van der Waals surface area contributed by atoms with Gasteiger partial charge in [0.15, 0.2) is 0 Å². The van der Waals surface area contributed by atoms with Crippen LogP contribution in [0.4, 0.5) is 0 Å². The van der Waals surface area contributed by atoms with Crippen molar-refractivity contribution >= 4 is 34.6 Å². The molecule has 1 aromatic carbocycles. The summed E-state index contributed by atoms with van der Waals surface area (Å²) in [6.07, 6.45) is 4.63. The van der Waals surface area contributed by atoms with E-state index in [9.17, 15) is 4.79 Å². The maximum absolute atomic E-state index is 10.5. The monoisotopic (exact) mass is 339 g/mol. The number of hydrogen-bond donors (Lipinski definition) is 1. The Balaban J connectivity index is 2.36. The molecule has 2 aromatic rings. The molecule has 0 aliphatic carbocycles. The maximum Gasteiger partial charge on any atom is 0.328 e. The smallest absolute Gasteiger partial charge is 0.328 e. The van der Waals surface area contributed by atoms with Crippen molar-refractivity contribution in [1.29, 1.82) is 0 Å². The van der Waals surface area contributed by atoms with Crippen LogP contribution in [0.2, 0.25) is 0 Å². The molecule has 86 valence electrons. The third-order valence-electron chi connectivity index (χ3n) is 2.28. The minimum atomic E-state index is -0.944. The van der Waals surface area contributed by atoms with Gasteiger partial charge in [-0.3, -0.25) is 0 Å². The second-order valence-electron chi connectivity index (χ2n) is 3.45. The van der Waals surface area contributed by atoms with Gasteiger partial charge in [-0.2, -0.15) is 0 Å². The average molecular weight is 339 g/mol. The van der Waals surface area contributed by atoms with Crippen molar-refractivity contribution in [2.45, 2.75) is 0 Å². The van der Waals surface area contributed by atoms with Crippen LogP contribution in [0.5, 0.6) is 0 Å². The predicted molar refractivity (Wildman–Crippen MR) is 75.2 cm³/mol. The molecular weight excluding hydrogens is 329 g/mol. The highest BCUT2D eigenvalue weighted by Crippen LogP contribution is 2.15. The van der Waals surface area contributed by atoms with Crippen molar-refractivity contribution in [3.05, 3.63) is 57.9 Å². The van der Waals surface area contributed by atoms with E-state index < -0.39 is 5.97 Å². The minimum absolute atomic E-state index is 0.841. The lowest BCUT2D eigenvalue weighted by atomic mass is 10.3. The van der Waals surface area contributed by atoms with E-state index in [1.165, 1.54) is 3.57 Å². The van der Waals surface area contributed by atoms with E-state index in [0.29, 0.717) is 0 Å². The maximum atomic E-state index is 10.5. The Kier molecular flexibility index (Phi) is 3.63. The van der Waals surface area contributed by atoms with Gasteiger partial charge >= 0.3 is 5.97 Å². The third-order valence-corrected chi connectivity index (χ3v) is 3.00. The highest BCUT2D eigenvalue weighted by Gasteiger charge is 2.00. The molecule has 1 aromatic heterocycles. The lowest BCUT2D eigenvalue weighted by Crippen LogP contribution is -1.95. The average Bonchev–Trinajstić information content (AvgIpc) is 2.75. The lowest BCUT2D eigenvalue weighted by molar-refractivity contribution is -0.131. The van der Waals surface area contributed by atoms with Crippen LogP contribution in [-0.4, -0.2) is 15.6 Å². The largest absolute Gasteiger partial charge is 0.478 e. The molecule has 1 heterocycles. The summed E-state index contributed by atoms with van der Waals surface area (Å²) in [6.45, 7) is 0. The van der Waals surface area contributed by atoms with Crippen LogP contribution in [0.15, 0.2) is 48.7 Å². The summed E-state index contributed by atoms with van der Waals surface area (Å²) >= 11 is 2.25. The van der Waals surface area contributed by atoms with E-state index in [1.54, 1.807) is 6.08 Å². The topological polar surface area (TPSA) is 42.2 Å².